The van der Waals surface area contributed by atoms with Crippen LogP contribution in [0, 0.1) is 0 Å². The van der Waals surface area contributed by atoms with Gasteiger partial charge in [0.1, 0.15) is 0 Å². The van der Waals surface area contributed by atoms with Crippen LogP contribution in [0.2, 0.25) is 0 Å². The zero-order valence-corrected chi connectivity index (χ0v) is 21.5. The van der Waals surface area contributed by atoms with Crippen molar-refractivity contribution in [3.63, 3.8) is 0 Å². The highest BCUT2D eigenvalue weighted by Gasteiger charge is 2.27. The van der Waals surface area contributed by atoms with Crippen LogP contribution in [0.15, 0.2) is 73.3 Å². The third kappa shape index (κ3) is 7.53. The summed E-state index contributed by atoms with van der Waals surface area (Å²) in [7, 11) is 3.12. The van der Waals surface area contributed by atoms with E-state index < -0.39 is 10.4 Å². The van der Waals surface area contributed by atoms with Crippen LogP contribution in [0.3, 0.4) is 0 Å². The second-order valence-electron chi connectivity index (χ2n) is 8.38. The van der Waals surface area contributed by atoms with E-state index >= 15 is 0 Å². The molecule has 0 aliphatic carbocycles. The average molecular weight is 487 g/mol. The van der Waals surface area contributed by atoms with Crippen molar-refractivity contribution in [2.45, 2.75) is 13.8 Å². The van der Waals surface area contributed by atoms with Crippen molar-refractivity contribution in [3.8, 4) is 0 Å². The van der Waals surface area contributed by atoms with E-state index in [0.717, 1.165) is 17.6 Å². The molecule has 184 valence electrons. The molecule has 2 aromatic carbocycles. The van der Waals surface area contributed by atoms with Crippen LogP contribution in [-0.4, -0.2) is 73.6 Å². The van der Waals surface area contributed by atoms with Crippen LogP contribution in [0.25, 0.3) is 0 Å². The maximum Gasteiger partial charge on any atom is 0.228 e. The summed E-state index contributed by atoms with van der Waals surface area (Å²) in [5.41, 5.74) is 6.01. The van der Waals surface area contributed by atoms with Crippen LogP contribution >= 0.6 is 0 Å². The number of rotatable bonds is 6. The lowest BCUT2D eigenvalue weighted by molar-refractivity contribution is -0.832. The molecule has 0 aromatic heterocycles. The minimum Gasteiger partial charge on any atom is -0.759 e. The Morgan fingerprint density at radius 1 is 0.765 bits per heavy atom. The molecule has 0 radical (unpaired) electrons. The first-order chi connectivity index (χ1) is 15.9. The van der Waals surface area contributed by atoms with Gasteiger partial charge in [-0.3, -0.25) is 12.9 Å². The fourth-order valence-electron chi connectivity index (χ4n) is 3.60. The molecule has 0 amide bonds. The summed E-state index contributed by atoms with van der Waals surface area (Å²) in [5, 5.41) is 0. The van der Waals surface area contributed by atoms with Crippen LogP contribution in [0.1, 0.15) is 25.0 Å². The Bertz CT molecular complexity index is 1070. The van der Waals surface area contributed by atoms with Crippen molar-refractivity contribution >= 4 is 27.5 Å². The van der Waals surface area contributed by atoms with Crippen molar-refractivity contribution in [2.24, 2.45) is 0 Å². The molecule has 0 N–H and O–H groups in total. The second kappa shape index (κ2) is 11.4. The van der Waals surface area contributed by atoms with E-state index in [1.54, 1.807) is 0 Å². The lowest BCUT2D eigenvalue weighted by Gasteiger charge is -2.27. The van der Waals surface area contributed by atoms with Crippen molar-refractivity contribution in [3.05, 3.63) is 84.5 Å². The van der Waals surface area contributed by atoms with Gasteiger partial charge in [0.15, 0.2) is 12.4 Å². The first-order valence-electron chi connectivity index (χ1n) is 11.0. The van der Waals surface area contributed by atoms with E-state index in [1.165, 1.54) is 28.2 Å². The Morgan fingerprint density at radius 3 is 1.35 bits per heavy atom. The van der Waals surface area contributed by atoms with Gasteiger partial charge in [-0.15, -0.1) is 0 Å². The summed E-state index contributed by atoms with van der Waals surface area (Å²) in [6.45, 7) is 6.58. The van der Waals surface area contributed by atoms with Gasteiger partial charge in [0.05, 0.1) is 13.1 Å². The molecule has 0 fully saturated rings. The van der Waals surface area contributed by atoms with Crippen LogP contribution in [0.5, 0.6) is 0 Å². The van der Waals surface area contributed by atoms with Crippen molar-refractivity contribution < 1.29 is 26.6 Å². The minimum absolute atomic E-state index is 0.878. The Balaban J connectivity index is 0.000000739. The number of nitrogens with zero attached hydrogens (tertiary/aromatic N) is 4. The van der Waals surface area contributed by atoms with E-state index in [2.05, 4.69) is 130 Å². The van der Waals surface area contributed by atoms with Gasteiger partial charge in [0, 0.05) is 61.1 Å². The van der Waals surface area contributed by atoms with Crippen molar-refractivity contribution in [2.75, 3.05) is 51.1 Å². The van der Waals surface area contributed by atoms with Gasteiger partial charge in [0.25, 0.3) is 0 Å². The molecule has 3 rings (SSSR count). The summed E-state index contributed by atoms with van der Waals surface area (Å²) in [6, 6.07) is 17.6. The van der Waals surface area contributed by atoms with Crippen molar-refractivity contribution in [1.29, 1.82) is 0 Å². The smallest absolute Gasteiger partial charge is 0.228 e. The average Bonchev–Trinajstić information content (AvgIpc) is 2.79. The number of benzene rings is 2. The topological polar surface area (TPSA) is 89.8 Å². The van der Waals surface area contributed by atoms with Crippen LogP contribution in [-0.2, 0) is 10.4 Å². The Labute approximate surface area is 203 Å². The Kier molecular flexibility index (Phi) is 9.17. The van der Waals surface area contributed by atoms with Gasteiger partial charge in [-0.1, -0.05) is 0 Å². The monoisotopic (exact) mass is 486 g/mol. The summed E-state index contributed by atoms with van der Waals surface area (Å²) in [4.78, 5) is 4.26. The van der Waals surface area contributed by atoms with Gasteiger partial charge in [0.2, 0.25) is 18.1 Å². The molecular formula is C25H34N4O4S. The van der Waals surface area contributed by atoms with Gasteiger partial charge in [-0.25, -0.2) is 0 Å². The minimum atomic E-state index is -5.17. The number of anilines is 2. The second-order valence-corrected chi connectivity index (χ2v) is 9.19. The molecule has 1 aliphatic rings. The molecule has 0 saturated heterocycles. The third-order valence-corrected chi connectivity index (χ3v) is 5.80. The van der Waals surface area contributed by atoms with Crippen LogP contribution in [0.4, 0.5) is 11.4 Å². The van der Waals surface area contributed by atoms with Crippen molar-refractivity contribution in [1.82, 2.24) is 0 Å². The number of hydrogen-bond acceptors (Lipinski definition) is 6. The van der Waals surface area contributed by atoms with E-state index in [1.807, 2.05) is 0 Å². The Morgan fingerprint density at radius 2 is 1.09 bits per heavy atom. The summed E-state index contributed by atoms with van der Waals surface area (Å²) < 4.78 is 37.2. The molecule has 1 aliphatic heterocycles. The zero-order chi connectivity index (χ0) is 25.5. The molecule has 0 spiro atoms. The van der Waals surface area contributed by atoms with Gasteiger partial charge >= 0.3 is 0 Å². The largest absolute Gasteiger partial charge is 0.759 e. The maximum absolute atomic E-state index is 8.52. The summed E-state index contributed by atoms with van der Waals surface area (Å²) >= 11 is 0. The highest BCUT2D eigenvalue weighted by atomic mass is 32.3. The highest BCUT2D eigenvalue weighted by molar-refractivity contribution is 7.79. The molecular weight excluding hydrogens is 452 g/mol. The molecule has 34 heavy (non-hydrogen) atoms. The number of quaternary nitrogens is 1. The van der Waals surface area contributed by atoms with E-state index in [9.17, 15) is 0 Å². The fraction of sp³-hybridized carbons (Fsp3) is 0.320. The molecule has 1 heterocycles. The molecule has 0 unspecified atom stereocenters. The third-order valence-electron chi connectivity index (χ3n) is 5.80. The first-order valence-corrected chi connectivity index (χ1v) is 12.3. The van der Waals surface area contributed by atoms with E-state index in [-0.39, 0.29) is 0 Å². The first kappa shape index (κ1) is 27.3. The molecule has 0 atom stereocenters. The van der Waals surface area contributed by atoms with E-state index in [4.69, 9.17) is 17.5 Å². The quantitative estimate of drug-likeness (QED) is 0.270. The lowest BCUT2D eigenvalue weighted by atomic mass is 10.0. The standard InChI is InChI=1S/C25H34N4.H2O4S/c1-7-29(8-2)19-17-28(18-20-29)25(21-9-13-23(14-10-21)26(3)4)22-11-15-24(16-12-22)27(5)6;1-5(2,3)4/h9-20H,7-8H2,1-6H3;(H2,1,2,3,4)/q+2;/p-2. The lowest BCUT2D eigenvalue weighted by Crippen LogP contribution is -2.39. The highest BCUT2D eigenvalue weighted by Crippen LogP contribution is 2.21. The maximum atomic E-state index is 8.52. The van der Waals surface area contributed by atoms with Gasteiger partial charge < -0.3 is 18.9 Å². The molecule has 8 nitrogen and oxygen atoms in total. The normalized spacial score (nSPS) is 14.3. The SMILES string of the molecule is CC[N+]1(CC)C=C[N+](=C(c2ccc(N(C)C)cc2)c2ccc(N(C)C)cc2)C=C1.O=S(=O)([O-])[O-]. The Hall–Kier alpha value is -2.98. The van der Waals surface area contributed by atoms with Gasteiger partial charge in [-0.2, -0.15) is 4.58 Å². The molecule has 2 aromatic rings. The summed E-state index contributed by atoms with van der Waals surface area (Å²) in [6.07, 6.45) is 9.01. The molecule has 9 heteroatoms. The molecule has 0 saturated carbocycles. The van der Waals surface area contributed by atoms with Crippen LogP contribution < -0.4 is 9.80 Å². The zero-order valence-electron chi connectivity index (χ0n) is 20.7. The predicted molar refractivity (Wildman–Crippen MR) is 135 cm³/mol. The molecule has 0 bridgehead atoms. The summed E-state index contributed by atoms with van der Waals surface area (Å²) in [5.74, 6) is 0. The predicted octanol–water partition coefficient (Wildman–Crippen LogP) is 3.14. The number of hydrogen-bond donors (Lipinski definition) is 0. The van der Waals surface area contributed by atoms with E-state index in [0.29, 0.717) is 0 Å². The van der Waals surface area contributed by atoms with Gasteiger partial charge in [-0.05, 0) is 62.4 Å². The fourth-order valence-corrected chi connectivity index (χ4v) is 3.60.